The molecule has 2 aliphatic rings. The van der Waals surface area contributed by atoms with Crippen LogP contribution in [0.1, 0.15) is 67.1 Å². The fourth-order valence-corrected chi connectivity index (χ4v) is 11.4. The topological polar surface area (TPSA) is 813 Å². The number of aliphatic carboxylic acids is 6. The number of carboxylic acid groups (broad SMARTS) is 7. The number of hydrogen-bond donors (Lipinski definition) is 26. The number of carboxylic acids is 7. The Hall–Kier alpha value is -10.2. The lowest BCUT2D eigenvalue weighted by Crippen LogP contribution is -2.61. The van der Waals surface area contributed by atoms with E-state index < -0.39 is 240 Å². The second-order valence-corrected chi connectivity index (χ2v) is 26.7. The van der Waals surface area contributed by atoms with E-state index in [1.165, 1.54) is 12.1 Å². The van der Waals surface area contributed by atoms with Gasteiger partial charge < -0.3 is 145 Å². The molecule has 602 valence electrons. The number of hydrogen-bond acceptors (Lipinski definition) is 35. The van der Waals surface area contributed by atoms with Crippen molar-refractivity contribution in [1.82, 2.24) is 21.3 Å². The number of anilines is 1. The third kappa shape index (κ3) is 29.0. The van der Waals surface area contributed by atoms with Crippen molar-refractivity contribution in [3.63, 3.8) is 0 Å². The minimum atomic E-state index is -2.08. The summed E-state index contributed by atoms with van der Waals surface area (Å²) in [6.07, 6.45) is -22.1. The van der Waals surface area contributed by atoms with Crippen LogP contribution < -0.4 is 54.4 Å². The summed E-state index contributed by atoms with van der Waals surface area (Å²) in [4.78, 5) is 171. The lowest BCUT2D eigenvalue weighted by atomic mass is 9.99. The lowest BCUT2D eigenvalue weighted by Gasteiger charge is -2.38. The number of aromatic hydroxyl groups is 3. The molecule has 6 rings (SSSR count). The molecule has 2 heterocycles. The minimum absolute atomic E-state index is 0.243. The number of carbonyl (C=O) groups is 14. The van der Waals surface area contributed by atoms with Crippen LogP contribution in [0.5, 0.6) is 23.0 Å². The van der Waals surface area contributed by atoms with Crippen LogP contribution in [0.25, 0.3) is 0 Å². The van der Waals surface area contributed by atoms with Crippen LogP contribution in [-0.2, 0) is 62.2 Å². The zero-order chi connectivity index (χ0) is 83.5. The van der Waals surface area contributed by atoms with Gasteiger partial charge in [0, 0.05) is 42.6 Å². The summed E-state index contributed by atoms with van der Waals surface area (Å²) in [7, 11) is 0. The average molecular weight is 1830 g/mol. The average Bonchev–Trinajstić information content (AvgIpc) is 0.796. The van der Waals surface area contributed by atoms with Gasteiger partial charge in [-0.2, -0.15) is 0 Å². The molecule has 110 heavy (non-hydrogen) atoms. The van der Waals surface area contributed by atoms with E-state index >= 15 is 0 Å². The van der Waals surface area contributed by atoms with Gasteiger partial charge in [0.1, 0.15) is 103 Å². The van der Waals surface area contributed by atoms with Crippen molar-refractivity contribution >= 4 is 163 Å². The van der Waals surface area contributed by atoms with E-state index in [9.17, 15) is 128 Å². The number of ether oxygens (including phenoxy) is 4. The van der Waals surface area contributed by atoms with Gasteiger partial charge in [0.15, 0.2) is 12.2 Å². The molecule has 30 N–H and O–H groups in total. The molecule has 0 radical (unpaired) electrons. The maximum absolute atomic E-state index is 12.6. The van der Waals surface area contributed by atoms with Crippen molar-refractivity contribution in [2.24, 2.45) is 28.1 Å². The van der Waals surface area contributed by atoms with Gasteiger partial charge in [-0.05, 0) is 124 Å². The quantitative estimate of drug-likeness (QED) is 0.00702. The highest BCUT2D eigenvalue weighted by Gasteiger charge is 2.50. The zero-order valence-corrected chi connectivity index (χ0v) is 61.6. The largest absolute Gasteiger partial charge is 0.507 e. The number of aromatic carboxylic acids is 1. The molecule has 0 bridgehead atoms. The van der Waals surface area contributed by atoms with Crippen molar-refractivity contribution in [2.75, 3.05) is 30.1 Å². The van der Waals surface area contributed by atoms with E-state index in [1.807, 2.05) is 61.3 Å². The number of nitrogens with two attached hydrogens (primary N) is 4. The van der Waals surface area contributed by atoms with Gasteiger partial charge in [-0.25, -0.2) is 19.2 Å². The fourth-order valence-electron chi connectivity index (χ4n) is 8.53. The van der Waals surface area contributed by atoms with Crippen molar-refractivity contribution in [1.29, 1.82) is 0 Å². The number of rotatable bonds is 33. The van der Waals surface area contributed by atoms with E-state index in [2.05, 4.69) is 15.8 Å². The number of carbonyl (C=O) groups excluding carboxylic acids is 7. The molecule has 0 spiro atoms. The molecule has 2 aliphatic heterocycles. The maximum Gasteiger partial charge on any atom is 0.340 e. The van der Waals surface area contributed by atoms with Crippen LogP contribution in [0.2, 0.25) is 0 Å². The van der Waals surface area contributed by atoms with Gasteiger partial charge in [0.25, 0.3) is 0 Å². The van der Waals surface area contributed by atoms with Gasteiger partial charge >= 0.3 is 47.8 Å². The number of benzene rings is 4. The molecule has 4 aromatic carbocycles. The highest BCUT2D eigenvalue weighted by Crippen LogP contribution is 2.42. The lowest BCUT2D eigenvalue weighted by molar-refractivity contribution is -0.278. The van der Waals surface area contributed by atoms with Gasteiger partial charge in [-0.15, -0.1) is 28.4 Å². The Bertz CT molecular complexity index is 4050. The number of aliphatic hydroxyl groups excluding tert-OH is 6. The Morgan fingerprint density at radius 3 is 1.35 bits per heavy atom. The predicted octanol–water partition coefficient (Wildman–Crippen LogP) is -4.57. The van der Waals surface area contributed by atoms with Crippen LogP contribution in [0.4, 0.5) is 11.4 Å². The second-order valence-electron chi connectivity index (χ2n) is 22.3. The molecule has 8 unspecified atom stereocenters. The van der Waals surface area contributed by atoms with Crippen molar-refractivity contribution in [3.05, 3.63) is 95.0 Å². The van der Waals surface area contributed by atoms with Gasteiger partial charge in [0.2, 0.25) is 48.0 Å². The highest BCUT2D eigenvalue weighted by molar-refractivity contribution is 14.1. The number of primary amides is 2. The second kappa shape index (κ2) is 44.4. The summed E-state index contributed by atoms with van der Waals surface area (Å²) < 4.78 is 21.7. The van der Waals surface area contributed by atoms with Crippen LogP contribution in [0, 0.1) is 12.0 Å². The Morgan fingerprint density at radius 2 is 0.936 bits per heavy atom. The number of phenols is 3. The van der Waals surface area contributed by atoms with Crippen LogP contribution in [0.15, 0.2) is 75.6 Å². The summed E-state index contributed by atoms with van der Waals surface area (Å²) in [6.45, 7) is -1.65. The van der Waals surface area contributed by atoms with E-state index in [4.69, 9.17) is 72.6 Å². The summed E-state index contributed by atoms with van der Waals surface area (Å²) in [5.41, 5.74) is 23.0. The first-order valence-corrected chi connectivity index (χ1v) is 34.6. The summed E-state index contributed by atoms with van der Waals surface area (Å²) in [5.74, 6) is -20.4. The van der Waals surface area contributed by atoms with Crippen molar-refractivity contribution in [3.8, 4) is 23.0 Å². The number of phenolic OH excluding ortho intramolecular Hbond substituents is 3. The van der Waals surface area contributed by atoms with E-state index in [0.29, 0.717) is 43.9 Å². The number of amides is 6. The molecule has 4 aromatic rings. The minimum Gasteiger partial charge on any atom is -0.507 e. The summed E-state index contributed by atoms with van der Waals surface area (Å²) in [5, 5.41) is 174. The Kier molecular flexibility index (Phi) is 38.0. The Balaban J connectivity index is 0.000000436. The zero-order valence-electron chi connectivity index (χ0n) is 55.7. The fraction of sp³-hybridized carbons (Fsp3) is 0.367. The number of esters is 1. The Morgan fingerprint density at radius 1 is 0.527 bits per heavy atom. The number of nitrogens with zero attached hydrogens (tertiary/aromatic N) is 1. The molecule has 6 amide bonds. The standard InChI is InChI=1S/2C23H29N3O16S.C7H7IN2O2.C7H5IN2O2/c24-8(20(36)37)1-2-12(29)26-9(19(35)25-5-13(30)31)6-43-18-10(27)3-7(4-11(18)28)22(40)42-23-16(34)14(32)15(33)17(41-23)21(38)39;24-8(21(37)38)1-2-12(28)26-9(19(34)25-5-13(29)30)6-43-18-10(27)3-7(20(35)36)4-11(18)41-23-16(33)14(31)15(32)17(42-23)22(39)40;2*8-5-2-1-4(7(9)11)3-6(5)10-12/h3-4,8-9,14-17,23,27-28,32-34H,1-2,5-6,24H2,(H,25,35)(H,26,29)(H,30,31)(H,36,37)(H,38,39);3-4,8-9,14-17,23,27,31-33H,1-2,5-6,24H2,(H,25,34)(H,26,28)(H,29,30)(H,35,36)(H,37,38)(H,39,40);1-3,10,12H,(H2,9,11);1-3H,(H2,9,11)/t2*8?,9?,14-,15-,16+,17?,23?;;/m00../s1. The van der Waals surface area contributed by atoms with Gasteiger partial charge in [-0.3, -0.25) is 58.6 Å². The first-order chi connectivity index (χ1) is 51.3. The molecule has 14 atom stereocenters. The molecule has 0 aromatic heterocycles. The van der Waals surface area contributed by atoms with Crippen molar-refractivity contribution in [2.45, 2.75) is 121 Å². The number of nitrogens with one attached hydrogen (secondary N) is 5. The number of nitroso groups, excluding NO2 is 1. The van der Waals surface area contributed by atoms with E-state index in [-0.39, 0.29) is 28.3 Å². The molecule has 2 fully saturated rings. The first kappa shape index (κ1) is 94.0. The monoisotopic (exact) mass is 1820 g/mol. The molecule has 46 nitrogen and oxygen atoms in total. The molecule has 0 aliphatic carbocycles. The molecular weight excluding hydrogens is 1750 g/mol. The predicted molar refractivity (Wildman–Crippen MR) is 382 cm³/mol. The summed E-state index contributed by atoms with van der Waals surface area (Å²) in [6, 6.07) is 6.79. The first-order valence-electron chi connectivity index (χ1n) is 30.5. The number of halogens is 2. The normalized spacial score (nSPS) is 20.0. The SMILES string of the molecule is NC(=O)c1ccc(I)c(N=O)c1.NC(=O)c1ccc(I)c(NO)c1.NC(CCC(=O)NC(CSc1c(O)cc(C(=O)O)cc1OC1OC(C(=O)O)[C@@H](O)[C@H](O)[C@H]1O)C(=O)NCC(=O)O)C(=O)O.NC(CCC(=O)NC(CSc1c(O)cc(C(=O)OC2OC(C(=O)O)[C@@H](O)[C@H](O)[C@H]2O)cc1O)C(=O)NCC(=O)O)C(=O)O. The van der Waals surface area contributed by atoms with Crippen LogP contribution >= 0.6 is 68.7 Å². The van der Waals surface area contributed by atoms with Crippen LogP contribution in [0.3, 0.4) is 0 Å². The molecule has 50 heteroatoms. The summed E-state index contributed by atoms with van der Waals surface area (Å²) >= 11 is 5.13. The molecule has 2 saturated heterocycles. The highest BCUT2D eigenvalue weighted by atomic mass is 127. The Labute approximate surface area is 650 Å². The maximum atomic E-state index is 12.6. The third-order valence-electron chi connectivity index (χ3n) is 14.3. The van der Waals surface area contributed by atoms with Gasteiger partial charge in [-0.1, -0.05) is 0 Å². The van der Waals surface area contributed by atoms with Gasteiger partial charge in [0.05, 0.1) is 26.6 Å². The molecule has 0 saturated carbocycles. The number of thioether (sulfide) groups is 2. The smallest absolute Gasteiger partial charge is 0.340 e. The molecular formula is C60H70I2N10O36S2. The van der Waals surface area contributed by atoms with E-state index in [0.717, 1.165) is 27.8 Å². The number of aliphatic hydroxyl groups is 6. The van der Waals surface area contributed by atoms with Crippen molar-refractivity contribution < 1.29 is 173 Å². The third-order valence-corrected chi connectivity index (χ3v) is 18.5. The van der Waals surface area contributed by atoms with Crippen LogP contribution in [-0.4, -0.2) is 280 Å². The van der Waals surface area contributed by atoms with E-state index in [1.54, 1.807) is 24.3 Å².